The molecule has 0 saturated heterocycles. The van der Waals surface area contributed by atoms with Crippen molar-refractivity contribution in [3.63, 3.8) is 0 Å². The number of nitrogens with one attached hydrogen (secondary N) is 1. The van der Waals surface area contributed by atoms with Crippen LogP contribution in [0.4, 0.5) is 19.0 Å². The number of rotatable bonds is 6. The number of carbonyl (C=O) groups is 1. The molecule has 11 heteroatoms. The highest BCUT2D eigenvalue weighted by Gasteiger charge is 2.34. The molecule has 0 bridgehead atoms. The van der Waals surface area contributed by atoms with Crippen LogP contribution in [0.15, 0.2) is 43.1 Å². The van der Waals surface area contributed by atoms with E-state index in [9.17, 15) is 18.0 Å². The minimum Gasteiger partial charge on any atom is -0.361 e. The van der Waals surface area contributed by atoms with Crippen LogP contribution < -0.4 is 5.32 Å². The molecule has 0 spiro atoms. The molecule has 0 aliphatic rings. The molecule has 2 heterocycles. The van der Waals surface area contributed by atoms with Gasteiger partial charge in [-0.25, -0.2) is 14.6 Å². The molecule has 150 valence electrons. The van der Waals surface area contributed by atoms with E-state index in [0.717, 1.165) is 6.07 Å². The number of hydrogen-bond acceptors (Lipinski definition) is 6. The van der Waals surface area contributed by atoms with Crippen LogP contribution in [0.3, 0.4) is 0 Å². The van der Waals surface area contributed by atoms with Crippen molar-refractivity contribution in [3.8, 4) is 11.4 Å². The van der Waals surface area contributed by atoms with E-state index in [1.165, 1.54) is 54.9 Å². The first-order chi connectivity index (χ1) is 13.7. The van der Waals surface area contributed by atoms with Crippen LogP contribution >= 0.6 is 11.6 Å². The summed E-state index contributed by atoms with van der Waals surface area (Å²) >= 11 is 5.77. The maximum absolute atomic E-state index is 13.1. The number of benzene rings is 1. The largest absolute Gasteiger partial charge is 0.417 e. The predicted molar refractivity (Wildman–Crippen MR) is 101 cm³/mol. The van der Waals surface area contributed by atoms with Crippen molar-refractivity contribution < 1.29 is 18.0 Å². The minimum atomic E-state index is -4.59. The number of carbonyl (C=O) groups excluding carboxylic acids is 1. The fraction of sp³-hybridized carbons (Fsp3) is 0.167. The van der Waals surface area contributed by atoms with Gasteiger partial charge in [0.05, 0.1) is 23.3 Å². The summed E-state index contributed by atoms with van der Waals surface area (Å²) in [6.45, 7) is 1.46. The molecule has 0 aliphatic carbocycles. The van der Waals surface area contributed by atoms with Gasteiger partial charge in [-0.2, -0.15) is 13.2 Å². The molecule has 2 aromatic heterocycles. The normalized spacial score (nSPS) is 11.8. The van der Waals surface area contributed by atoms with E-state index in [1.807, 2.05) is 0 Å². The summed E-state index contributed by atoms with van der Waals surface area (Å²) in [6, 6.07) is 2.37. The number of hydrogen-bond donors (Lipinski definition) is 1. The third kappa shape index (κ3) is 5.17. The van der Waals surface area contributed by atoms with Crippen LogP contribution in [0.2, 0.25) is 5.02 Å². The number of aromatic nitrogens is 5. The van der Waals surface area contributed by atoms with Gasteiger partial charge in [0.2, 0.25) is 0 Å². The summed E-state index contributed by atoms with van der Waals surface area (Å²) in [5.74, 6) is 0.260. The van der Waals surface area contributed by atoms with Crippen LogP contribution in [0.5, 0.6) is 0 Å². The molecule has 3 aromatic rings. The van der Waals surface area contributed by atoms with Crippen molar-refractivity contribution in [2.24, 2.45) is 0 Å². The molecule has 7 nitrogen and oxygen atoms in total. The number of aryl methyl sites for hydroxylation is 1. The maximum Gasteiger partial charge on any atom is 0.417 e. The third-order valence-corrected chi connectivity index (χ3v) is 4.25. The van der Waals surface area contributed by atoms with E-state index in [4.69, 9.17) is 11.6 Å². The standard InChI is InChI=1S/C18H14ClF3N6O/c1-11-6-12(7-14(16(11)19)18(20,21)22)17-26-10-28(27-17)5-2-13(29)8-25-15-9-23-3-4-24-15/h2-7,9-10H,8H2,1H3,(H,24,25)/b5-2-. The molecule has 0 atom stereocenters. The number of ketones is 1. The van der Waals surface area contributed by atoms with E-state index in [2.05, 4.69) is 25.4 Å². The lowest BCUT2D eigenvalue weighted by atomic mass is 10.1. The molecule has 1 aromatic carbocycles. The Morgan fingerprint density at radius 1 is 1.28 bits per heavy atom. The minimum absolute atomic E-state index is 0.0118. The Bertz CT molecular complexity index is 1050. The Hall–Kier alpha value is -3.27. The van der Waals surface area contributed by atoms with E-state index in [0.29, 0.717) is 5.82 Å². The number of alkyl halides is 3. The van der Waals surface area contributed by atoms with Crippen molar-refractivity contribution in [1.82, 2.24) is 24.7 Å². The zero-order valence-electron chi connectivity index (χ0n) is 15.0. The van der Waals surface area contributed by atoms with E-state index in [-0.39, 0.29) is 34.3 Å². The Balaban J connectivity index is 1.71. The smallest absolute Gasteiger partial charge is 0.361 e. The Labute approximate surface area is 168 Å². The number of anilines is 1. The molecule has 29 heavy (non-hydrogen) atoms. The van der Waals surface area contributed by atoms with Crippen LogP contribution in [-0.4, -0.2) is 37.1 Å². The summed E-state index contributed by atoms with van der Waals surface area (Å²) in [4.78, 5) is 23.7. The van der Waals surface area contributed by atoms with Crippen molar-refractivity contribution >= 4 is 29.4 Å². The Morgan fingerprint density at radius 3 is 2.76 bits per heavy atom. The number of halogens is 4. The van der Waals surface area contributed by atoms with Crippen molar-refractivity contribution in [3.05, 3.63) is 59.3 Å². The molecule has 0 aliphatic heterocycles. The Morgan fingerprint density at radius 2 is 2.07 bits per heavy atom. The van der Waals surface area contributed by atoms with Crippen molar-refractivity contribution in [2.45, 2.75) is 13.1 Å². The van der Waals surface area contributed by atoms with Crippen molar-refractivity contribution in [2.75, 3.05) is 11.9 Å². The zero-order valence-corrected chi connectivity index (χ0v) is 15.7. The van der Waals surface area contributed by atoms with Gasteiger partial charge < -0.3 is 5.32 Å². The quantitative estimate of drug-likeness (QED) is 0.607. The molecule has 3 rings (SSSR count). The van der Waals surface area contributed by atoms with E-state index >= 15 is 0 Å². The second kappa shape index (κ2) is 8.39. The van der Waals surface area contributed by atoms with Crippen LogP contribution in [-0.2, 0) is 11.0 Å². The van der Waals surface area contributed by atoms with Gasteiger partial charge in [-0.1, -0.05) is 11.6 Å². The van der Waals surface area contributed by atoms with E-state index in [1.54, 1.807) is 0 Å². The van der Waals surface area contributed by atoms with Crippen LogP contribution in [0.1, 0.15) is 11.1 Å². The zero-order chi connectivity index (χ0) is 21.0. The highest BCUT2D eigenvalue weighted by atomic mass is 35.5. The van der Waals surface area contributed by atoms with Gasteiger partial charge in [-0.3, -0.25) is 9.78 Å². The third-order valence-electron chi connectivity index (χ3n) is 3.75. The molecule has 0 amide bonds. The lowest BCUT2D eigenvalue weighted by Gasteiger charge is -2.12. The summed E-state index contributed by atoms with van der Waals surface area (Å²) in [5.41, 5.74) is -0.526. The fourth-order valence-electron chi connectivity index (χ4n) is 2.37. The van der Waals surface area contributed by atoms with Gasteiger partial charge in [-0.15, -0.1) is 5.10 Å². The average molecular weight is 423 g/mol. The average Bonchev–Trinajstić information content (AvgIpc) is 3.15. The highest BCUT2D eigenvalue weighted by molar-refractivity contribution is 6.32. The highest BCUT2D eigenvalue weighted by Crippen LogP contribution is 2.38. The second-order valence-corrected chi connectivity index (χ2v) is 6.30. The predicted octanol–water partition coefficient (Wildman–Crippen LogP) is 3.87. The summed E-state index contributed by atoms with van der Waals surface area (Å²) in [5, 5.41) is 6.52. The lowest BCUT2D eigenvalue weighted by Crippen LogP contribution is -2.12. The molecule has 0 fully saturated rings. The van der Waals surface area contributed by atoms with Crippen LogP contribution in [0, 0.1) is 6.92 Å². The number of nitrogens with zero attached hydrogens (tertiary/aromatic N) is 5. The summed E-state index contributed by atoms with van der Waals surface area (Å²) in [6.07, 6.45) is 3.78. The lowest BCUT2D eigenvalue weighted by molar-refractivity contribution is -0.137. The first-order valence-corrected chi connectivity index (χ1v) is 8.61. The molecule has 1 N–H and O–H groups in total. The molecule has 0 radical (unpaired) electrons. The van der Waals surface area contributed by atoms with Gasteiger partial charge in [0.15, 0.2) is 11.6 Å². The van der Waals surface area contributed by atoms with Gasteiger partial charge in [-0.05, 0) is 24.6 Å². The van der Waals surface area contributed by atoms with Crippen LogP contribution in [0.25, 0.3) is 17.6 Å². The topological polar surface area (TPSA) is 85.6 Å². The summed E-state index contributed by atoms with van der Waals surface area (Å²) < 4.78 is 40.7. The van der Waals surface area contributed by atoms with Gasteiger partial charge in [0, 0.05) is 30.2 Å². The van der Waals surface area contributed by atoms with Crippen molar-refractivity contribution in [1.29, 1.82) is 0 Å². The van der Waals surface area contributed by atoms with Gasteiger partial charge >= 0.3 is 6.18 Å². The first kappa shape index (κ1) is 20.5. The fourth-order valence-corrected chi connectivity index (χ4v) is 2.59. The molecular formula is C18H14ClF3N6O. The SMILES string of the molecule is Cc1cc(-c2ncn(/C=C\C(=O)CNc3cnccn3)n2)cc(C(F)(F)F)c1Cl. The summed E-state index contributed by atoms with van der Waals surface area (Å²) in [7, 11) is 0. The Kier molecular flexibility index (Phi) is 5.92. The molecule has 0 saturated carbocycles. The maximum atomic E-state index is 13.1. The molecule has 0 unspecified atom stereocenters. The van der Waals surface area contributed by atoms with Gasteiger partial charge in [0.1, 0.15) is 12.1 Å². The second-order valence-electron chi connectivity index (χ2n) is 5.93. The first-order valence-electron chi connectivity index (χ1n) is 8.24. The molecular weight excluding hydrogens is 409 g/mol. The van der Waals surface area contributed by atoms with Gasteiger partial charge in [0.25, 0.3) is 0 Å². The monoisotopic (exact) mass is 422 g/mol. The van der Waals surface area contributed by atoms with E-state index < -0.39 is 11.7 Å².